The second kappa shape index (κ2) is 6.77. The van der Waals surface area contributed by atoms with Gasteiger partial charge in [0.05, 0.1) is 6.54 Å². The lowest BCUT2D eigenvalue weighted by Crippen LogP contribution is -2.15. The zero-order valence-corrected chi connectivity index (χ0v) is 13.2. The van der Waals surface area contributed by atoms with Crippen molar-refractivity contribution in [2.45, 2.75) is 26.3 Å². The molecule has 0 amide bonds. The summed E-state index contributed by atoms with van der Waals surface area (Å²) in [6.45, 7) is 2.57. The molecule has 0 saturated carbocycles. The van der Waals surface area contributed by atoms with Crippen LogP contribution >= 0.6 is 0 Å². The highest BCUT2D eigenvalue weighted by Crippen LogP contribution is 2.24. The van der Waals surface area contributed by atoms with Gasteiger partial charge in [0.15, 0.2) is 11.5 Å². The van der Waals surface area contributed by atoms with Crippen molar-refractivity contribution in [3.05, 3.63) is 47.5 Å². The lowest BCUT2D eigenvalue weighted by atomic mass is 10.1. The van der Waals surface area contributed by atoms with Crippen LogP contribution in [-0.4, -0.2) is 22.4 Å². The predicted molar refractivity (Wildman–Crippen MR) is 82.7 cm³/mol. The Kier molecular flexibility index (Phi) is 4.54. The van der Waals surface area contributed by atoms with Crippen LogP contribution in [0.25, 0.3) is 11.6 Å². The molecule has 1 aromatic carbocycles. The van der Waals surface area contributed by atoms with Crippen LogP contribution in [0, 0.1) is 0 Å². The van der Waals surface area contributed by atoms with Crippen LogP contribution in [0.15, 0.2) is 39.3 Å². The van der Waals surface area contributed by atoms with Crippen molar-refractivity contribution in [1.82, 2.24) is 15.4 Å². The summed E-state index contributed by atoms with van der Waals surface area (Å²) < 4.78 is 35.0. The van der Waals surface area contributed by atoms with Crippen molar-refractivity contribution in [2.75, 3.05) is 11.9 Å². The van der Waals surface area contributed by atoms with Gasteiger partial charge in [-0.3, -0.25) is 0 Å². The van der Waals surface area contributed by atoms with E-state index in [0.717, 1.165) is 12.1 Å². The number of rotatable bonds is 6. The third kappa shape index (κ3) is 3.42. The van der Waals surface area contributed by atoms with E-state index in [2.05, 4.69) is 34.4 Å². The zero-order valence-electron chi connectivity index (χ0n) is 13.2. The first kappa shape index (κ1) is 16.1. The largest absolute Gasteiger partial charge is 0.413 e. The number of hydrogen-bond acceptors (Lipinski definition) is 6. The molecule has 0 aliphatic heterocycles. The Morgan fingerprint density at radius 1 is 1.21 bits per heavy atom. The standard InChI is InChI=1S/C16H16F2N4O2/c1-3-10-5-4-6-11(7-10)22(2)9-12-8-13(21-24-12)15-19-20-16(23-15)14(17)18/h4-8,14H,3,9H2,1-2H3. The SMILES string of the molecule is CCc1cccc(N(C)Cc2cc(-c3nnc(C(F)F)o3)no2)c1. The molecule has 0 saturated heterocycles. The van der Waals surface area contributed by atoms with Gasteiger partial charge in [-0.1, -0.05) is 24.2 Å². The summed E-state index contributed by atoms with van der Waals surface area (Å²) in [6.07, 6.45) is -1.85. The molecular formula is C16H16F2N4O2. The molecule has 0 fully saturated rings. The van der Waals surface area contributed by atoms with Crippen molar-refractivity contribution >= 4 is 5.69 Å². The number of anilines is 1. The van der Waals surface area contributed by atoms with Gasteiger partial charge in [0.25, 0.3) is 11.8 Å². The molecule has 0 N–H and O–H groups in total. The Labute approximate surface area is 137 Å². The summed E-state index contributed by atoms with van der Waals surface area (Å²) in [5.74, 6) is -0.259. The molecule has 8 heteroatoms. The van der Waals surface area contributed by atoms with Crippen LogP contribution in [0.5, 0.6) is 0 Å². The summed E-state index contributed by atoms with van der Waals surface area (Å²) in [5.41, 5.74) is 2.52. The Hall–Kier alpha value is -2.77. The molecule has 0 aliphatic rings. The molecule has 0 bridgehead atoms. The van der Waals surface area contributed by atoms with Crippen molar-refractivity contribution in [3.8, 4) is 11.6 Å². The molecule has 0 aliphatic carbocycles. The number of nitrogens with zero attached hydrogens (tertiary/aromatic N) is 4. The number of halogens is 2. The summed E-state index contributed by atoms with van der Waals surface area (Å²) in [5, 5.41) is 10.6. The molecule has 6 nitrogen and oxygen atoms in total. The molecular weight excluding hydrogens is 318 g/mol. The topological polar surface area (TPSA) is 68.2 Å². The number of alkyl halides is 2. The lowest BCUT2D eigenvalue weighted by Gasteiger charge is -2.18. The van der Waals surface area contributed by atoms with Gasteiger partial charge in [0.2, 0.25) is 0 Å². The van der Waals surface area contributed by atoms with Crippen molar-refractivity contribution < 1.29 is 17.7 Å². The minimum atomic E-state index is -2.81. The highest BCUT2D eigenvalue weighted by atomic mass is 19.3. The van der Waals surface area contributed by atoms with Crippen LogP contribution in [0.1, 0.15) is 30.6 Å². The summed E-state index contributed by atoms with van der Waals surface area (Å²) in [4.78, 5) is 2.00. The Morgan fingerprint density at radius 2 is 2.04 bits per heavy atom. The Bertz CT molecular complexity index is 816. The highest BCUT2D eigenvalue weighted by Gasteiger charge is 2.19. The number of aromatic nitrogens is 3. The van der Waals surface area contributed by atoms with Gasteiger partial charge >= 0.3 is 6.43 Å². The maximum atomic E-state index is 12.5. The molecule has 0 unspecified atom stereocenters. The van der Waals surface area contributed by atoms with Crippen molar-refractivity contribution in [2.24, 2.45) is 0 Å². The minimum Gasteiger partial charge on any atom is -0.413 e. The van der Waals surface area contributed by atoms with E-state index in [9.17, 15) is 8.78 Å². The first-order valence-corrected chi connectivity index (χ1v) is 7.44. The fourth-order valence-corrected chi connectivity index (χ4v) is 2.25. The molecule has 126 valence electrons. The van der Waals surface area contributed by atoms with Crippen molar-refractivity contribution in [1.29, 1.82) is 0 Å². The van der Waals surface area contributed by atoms with E-state index in [1.807, 2.05) is 24.1 Å². The first-order valence-electron chi connectivity index (χ1n) is 7.44. The summed E-state index contributed by atoms with van der Waals surface area (Å²) in [6, 6.07) is 9.78. The van der Waals surface area contributed by atoms with E-state index in [4.69, 9.17) is 8.94 Å². The maximum Gasteiger partial charge on any atom is 0.314 e. The third-order valence-electron chi connectivity index (χ3n) is 3.56. The molecule has 3 rings (SSSR count). The van der Waals surface area contributed by atoms with Gasteiger partial charge in [-0.2, -0.15) is 8.78 Å². The van der Waals surface area contributed by atoms with Crippen LogP contribution < -0.4 is 4.90 Å². The second-order valence-electron chi connectivity index (χ2n) is 5.30. The van der Waals surface area contributed by atoms with Gasteiger partial charge in [-0.15, -0.1) is 10.2 Å². The third-order valence-corrected chi connectivity index (χ3v) is 3.56. The summed E-state index contributed by atoms with van der Waals surface area (Å²) in [7, 11) is 1.93. The number of aryl methyl sites for hydroxylation is 1. The minimum absolute atomic E-state index is 0.0871. The fraction of sp³-hybridized carbons (Fsp3) is 0.312. The van der Waals surface area contributed by atoms with Crippen LogP contribution in [0.4, 0.5) is 14.5 Å². The molecule has 24 heavy (non-hydrogen) atoms. The molecule has 0 spiro atoms. The van der Waals surface area contributed by atoms with Gasteiger partial charge in [-0.25, -0.2) is 0 Å². The number of hydrogen-bond donors (Lipinski definition) is 0. The average molecular weight is 334 g/mol. The molecule has 0 atom stereocenters. The van der Waals surface area contributed by atoms with Gasteiger partial charge in [-0.05, 0) is 24.1 Å². The monoisotopic (exact) mass is 334 g/mol. The quantitative estimate of drug-likeness (QED) is 0.682. The van der Waals surface area contributed by atoms with Crippen LogP contribution in [-0.2, 0) is 13.0 Å². The van der Waals surface area contributed by atoms with E-state index in [0.29, 0.717) is 12.3 Å². The molecule has 3 aromatic rings. The van der Waals surface area contributed by atoms with Crippen molar-refractivity contribution in [3.63, 3.8) is 0 Å². The van der Waals surface area contributed by atoms with E-state index < -0.39 is 12.3 Å². The normalized spacial score (nSPS) is 11.2. The van der Waals surface area contributed by atoms with Gasteiger partial charge < -0.3 is 13.8 Å². The highest BCUT2D eigenvalue weighted by molar-refractivity contribution is 5.49. The van der Waals surface area contributed by atoms with E-state index in [-0.39, 0.29) is 11.6 Å². The average Bonchev–Trinajstić information content (AvgIpc) is 3.24. The fourth-order valence-electron chi connectivity index (χ4n) is 2.25. The predicted octanol–water partition coefficient (Wildman–Crippen LogP) is 3.86. The summed E-state index contributed by atoms with van der Waals surface area (Å²) >= 11 is 0. The van der Waals surface area contributed by atoms with Crippen LogP contribution in [0.3, 0.4) is 0 Å². The zero-order chi connectivity index (χ0) is 17.1. The van der Waals surface area contributed by atoms with Gasteiger partial charge in [0, 0.05) is 18.8 Å². The molecule has 2 heterocycles. The number of benzene rings is 1. The molecule has 2 aromatic heterocycles. The Morgan fingerprint density at radius 3 is 2.75 bits per heavy atom. The smallest absolute Gasteiger partial charge is 0.314 e. The van der Waals surface area contributed by atoms with Crippen LogP contribution in [0.2, 0.25) is 0 Å². The first-order chi connectivity index (χ1) is 11.6. The lowest BCUT2D eigenvalue weighted by molar-refractivity contribution is 0.116. The second-order valence-corrected chi connectivity index (χ2v) is 5.30. The molecule has 0 radical (unpaired) electrons. The van der Waals surface area contributed by atoms with E-state index in [1.54, 1.807) is 6.07 Å². The van der Waals surface area contributed by atoms with E-state index in [1.165, 1.54) is 5.56 Å². The van der Waals surface area contributed by atoms with Gasteiger partial charge in [0.1, 0.15) is 0 Å². The van der Waals surface area contributed by atoms with E-state index >= 15 is 0 Å². The Balaban J connectivity index is 1.73. The maximum absolute atomic E-state index is 12.5.